The van der Waals surface area contributed by atoms with Crippen LogP contribution in [0.3, 0.4) is 0 Å². The second-order valence-corrected chi connectivity index (χ2v) is 5.53. The van der Waals surface area contributed by atoms with Crippen LogP contribution in [0.5, 0.6) is 0 Å². The van der Waals surface area contributed by atoms with E-state index in [4.69, 9.17) is 5.73 Å². The highest BCUT2D eigenvalue weighted by Crippen LogP contribution is 2.26. The zero-order chi connectivity index (χ0) is 11.6. The van der Waals surface area contributed by atoms with E-state index in [-0.39, 0.29) is 5.54 Å². The minimum Gasteiger partial charge on any atom is -0.325 e. The summed E-state index contributed by atoms with van der Waals surface area (Å²) < 4.78 is 0. The molecular weight excluding hydrogens is 196 g/mol. The molecule has 1 fully saturated rings. The predicted octanol–water partition coefficient (Wildman–Crippen LogP) is 2.25. The Labute approximate surface area is 98.4 Å². The zero-order valence-electron chi connectivity index (χ0n) is 10.3. The fraction of sp³-hybridized carbons (Fsp3) is 0.571. The Morgan fingerprint density at radius 3 is 2.56 bits per heavy atom. The highest BCUT2D eigenvalue weighted by Gasteiger charge is 2.31. The molecule has 2 heteroatoms. The monoisotopic (exact) mass is 218 g/mol. The van der Waals surface area contributed by atoms with Gasteiger partial charge in [-0.05, 0) is 38.3 Å². The molecule has 0 aromatic heterocycles. The Hall–Kier alpha value is -0.860. The molecule has 1 heterocycles. The molecule has 1 aromatic carbocycles. The van der Waals surface area contributed by atoms with E-state index >= 15 is 0 Å². The first-order valence-corrected chi connectivity index (χ1v) is 6.11. The van der Waals surface area contributed by atoms with Gasteiger partial charge in [0.15, 0.2) is 0 Å². The number of nitrogens with zero attached hydrogens (tertiary/aromatic N) is 1. The van der Waals surface area contributed by atoms with Crippen molar-refractivity contribution >= 4 is 0 Å². The third-order valence-corrected chi connectivity index (χ3v) is 3.57. The number of rotatable bonds is 3. The van der Waals surface area contributed by atoms with Crippen molar-refractivity contribution in [3.8, 4) is 0 Å². The van der Waals surface area contributed by atoms with Gasteiger partial charge in [0.05, 0.1) is 0 Å². The summed E-state index contributed by atoms with van der Waals surface area (Å²) in [7, 11) is 0. The summed E-state index contributed by atoms with van der Waals surface area (Å²) in [6.07, 6.45) is 1.23. The summed E-state index contributed by atoms with van der Waals surface area (Å²) in [5.41, 5.74) is 7.53. The van der Waals surface area contributed by atoms with Gasteiger partial charge in [-0.3, -0.25) is 4.90 Å². The van der Waals surface area contributed by atoms with Gasteiger partial charge in [-0.15, -0.1) is 0 Å². The number of likely N-dealkylation sites (tertiary alicyclic amines) is 1. The Balaban J connectivity index is 1.91. The topological polar surface area (TPSA) is 29.3 Å². The second kappa shape index (κ2) is 4.56. The number of nitrogens with two attached hydrogens (primary N) is 1. The van der Waals surface area contributed by atoms with Crippen molar-refractivity contribution in [2.45, 2.75) is 32.4 Å². The summed E-state index contributed by atoms with van der Waals surface area (Å²) in [6.45, 7) is 7.67. The first-order chi connectivity index (χ1) is 7.55. The maximum atomic E-state index is 6.17. The zero-order valence-corrected chi connectivity index (χ0v) is 10.3. The third-order valence-electron chi connectivity index (χ3n) is 3.57. The second-order valence-electron chi connectivity index (χ2n) is 5.53. The fourth-order valence-corrected chi connectivity index (χ4v) is 2.43. The minimum absolute atomic E-state index is 0.0363. The van der Waals surface area contributed by atoms with Gasteiger partial charge < -0.3 is 5.73 Å². The van der Waals surface area contributed by atoms with Crippen LogP contribution >= 0.6 is 0 Å². The van der Waals surface area contributed by atoms with E-state index in [1.807, 2.05) is 0 Å². The number of hydrogen-bond donors (Lipinski definition) is 1. The average molecular weight is 218 g/mol. The lowest BCUT2D eigenvalue weighted by Gasteiger charge is -2.27. The van der Waals surface area contributed by atoms with E-state index < -0.39 is 0 Å². The van der Waals surface area contributed by atoms with Gasteiger partial charge in [0.25, 0.3) is 0 Å². The molecule has 1 atom stereocenters. The van der Waals surface area contributed by atoms with Crippen LogP contribution in [0.1, 0.15) is 25.8 Å². The molecule has 0 aliphatic carbocycles. The smallest absolute Gasteiger partial charge is 0.0233 e. The first-order valence-electron chi connectivity index (χ1n) is 6.11. The van der Waals surface area contributed by atoms with Crippen molar-refractivity contribution in [3.05, 3.63) is 35.9 Å². The molecule has 0 saturated carbocycles. The Morgan fingerprint density at radius 2 is 2.00 bits per heavy atom. The maximum Gasteiger partial charge on any atom is 0.0233 e. The van der Waals surface area contributed by atoms with Crippen LogP contribution in [0.25, 0.3) is 0 Å². The van der Waals surface area contributed by atoms with Crippen molar-refractivity contribution in [3.63, 3.8) is 0 Å². The lowest BCUT2D eigenvalue weighted by Crippen LogP contribution is -2.42. The van der Waals surface area contributed by atoms with Crippen LogP contribution in [-0.2, 0) is 6.54 Å². The third kappa shape index (κ3) is 2.83. The van der Waals surface area contributed by atoms with E-state index in [1.165, 1.54) is 18.5 Å². The molecule has 1 aliphatic heterocycles. The molecule has 0 bridgehead atoms. The Morgan fingerprint density at radius 1 is 1.31 bits per heavy atom. The van der Waals surface area contributed by atoms with Gasteiger partial charge >= 0.3 is 0 Å². The Bertz CT molecular complexity index is 326. The van der Waals surface area contributed by atoms with Crippen LogP contribution in [0.4, 0.5) is 0 Å². The van der Waals surface area contributed by atoms with Gasteiger partial charge in [0, 0.05) is 18.6 Å². The van der Waals surface area contributed by atoms with Crippen LogP contribution in [0.15, 0.2) is 30.3 Å². The van der Waals surface area contributed by atoms with E-state index in [1.54, 1.807) is 0 Å². The van der Waals surface area contributed by atoms with E-state index in [2.05, 4.69) is 49.1 Å². The minimum atomic E-state index is -0.0363. The van der Waals surface area contributed by atoms with E-state index in [9.17, 15) is 0 Å². The van der Waals surface area contributed by atoms with Crippen LogP contribution in [-0.4, -0.2) is 23.5 Å². The lowest BCUT2D eigenvalue weighted by atomic mass is 9.88. The SMILES string of the molecule is CC(C)(N)[C@@H]1CCN(Cc2ccccc2)C1. The van der Waals surface area contributed by atoms with Gasteiger partial charge in [0.2, 0.25) is 0 Å². The largest absolute Gasteiger partial charge is 0.325 e. The van der Waals surface area contributed by atoms with Crippen molar-refractivity contribution in [2.24, 2.45) is 11.7 Å². The summed E-state index contributed by atoms with van der Waals surface area (Å²) in [5, 5.41) is 0. The highest BCUT2D eigenvalue weighted by atomic mass is 15.1. The summed E-state index contributed by atoms with van der Waals surface area (Å²) >= 11 is 0. The van der Waals surface area contributed by atoms with Crippen molar-refractivity contribution in [1.82, 2.24) is 4.90 Å². The van der Waals surface area contributed by atoms with Gasteiger partial charge in [-0.2, -0.15) is 0 Å². The molecule has 2 N–H and O–H groups in total. The summed E-state index contributed by atoms with van der Waals surface area (Å²) in [6, 6.07) is 10.7. The fourth-order valence-electron chi connectivity index (χ4n) is 2.43. The average Bonchev–Trinajstić information content (AvgIpc) is 2.67. The van der Waals surface area contributed by atoms with E-state index in [0.29, 0.717) is 5.92 Å². The van der Waals surface area contributed by atoms with E-state index in [0.717, 1.165) is 13.1 Å². The molecular formula is C14H22N2. The molecule has 88 valence electrons. The van der Waals surface area contributed by atoms with Crippen LogP contribution < -0.4 is 5.73 Å². The summed E-state index contributed by atoms with van der Waals surface area (Å²) in [4.78, 5) is 2.51. The van der Waals surface area contributed by atoms with Crippen LogP contribution in [0, 0.1) is 5.92 Å². The molecule has 0 radical (unpaired) electrons. The summed E-state index contributed by atoms with van der Waals surface area (Å²) in [5.74, 6) is 0.635. The number of hydrogen-bond acceptors (Lipinski definition) is 2. The quantitative estimate of drug-likeness (QED) is 0.843. The molecule has 2 rings (SSSR count). The number of benzene rings is 1. The van der Waals surface area contributed by atoms with Crippen LogP contribution in [0.2, 0.25) is 0 Å². The Kier molecular flexibility index (Phi) is 3.31. The van der Waals surface area contributed by atoms with Crippen molar-refractivity contribution < 1.29 is 0 Å². The molecule has 16 heavy (non-hydrogen) atoms. The predicted molar refractivity (Wildman–Crippen MR) is 68.1 cm³/mol. The molecule has 2 nitrogen and oxygen atoms in total. The van der Waals surface area contributed by atoms with Gasteiger partial charge in [-0.25, -0.2) is 0 Å². The van der Waals surface area contributed by atoms with Gasteiger partial charge in [-0.1, -0.05) is 30.3 Å². The molecule has 0 unspecified atom stereocenters. The standard InChI is InChI=1S/C14H22N2/c1-14(2,15)13-8-9-16(11-13)10-12-6-4-3-5-7-12/h3-7,13H,8-11,15H2,1-2H3/t13-/m1/s1. The molecule has 0 spiro atoms. The first kappa shape index (κ1) is 11.6. The normalized spacial score (nSPS) is 22.6. The maximum absolute atomic E-state index is 6.17. The molecule has 0 amide bonds. The molecule has 1 aromatic rings. The van der Waals surface area contributed by atoms with Gasteiger partial charge in [0.1, 0.15) is 0 Å². The molecule has 1 saturated heterocycles. The highest BCUT2D eigenvalue weighted by molar-refractivity contribution is 5.14. The van der Waals surface area contributed by atoms with Crippen molar-refractivity contribution in [2.75, 3.05) is 13.1 Å². The molecule has 1 aliphatic rings. The van der Waals surface area contributed by atoms with Crippen molar-refractivity contribution in [1.29, 1.82) is 0 Å². The lowest BCUT2D eigenvalue weighted by molar-refractivity contribution is 0.276.